The zero-order valence-electron chi connectivity index (χ0n) is 13.6. The maximum Gasteiger partial charge on any atom is 0.108 e. The fourth-order valence-electron chi connectivity index (χ4n) is 3.45. The highest BCUT2D eigenvalue weighted by Crippen LogP contribution is 2.37. The Balaban J connectivity index is 2.19. The van der Waals surface area contributed by atoms with Crippen molar-refractivity contribution in [3.63, 3.8) is 0 Å². The number of aliphatic imine (C=N–C) groups is 1. The van der Waals surface area contributed by atoms with E-state index in [4.69, 9.17) is 16.6 Å². The Labute approximate surface area is 131 Å². The summed E-state index contributed by atoms with van der Waals surface area (Å²) in [6, 6.07) is 4.08. The van der Waals surface area contributed by atoms with E-state index in [1.807, 2.05) is 6.07 Å². The number of rotatable bonds is 4. The summed E-state index contributed by atoms with van der Waals surface area (Å²) in [4.78, 5) is 7.34. The van der Waals surface area contributed by atoms with Gasteiger partial charge >= 0.3 is 0 Å². The van der Waals surface area contributed by atoms with Gasteiger partial charge in [0.15, 0.2) is 0 Å². The highest BCUT2D eigenvalue weighted by atomic mass is 15.3. The van der Waals surface area contributed by atoms with Gasteiger partial charge in [0.2, 0.25) is 0 Å². The first-order chi connectivity index (χ1) is 10.6. The Bertz CT molecular complexity index is 724. The summed E-state index contributed by atoms with van der Waals surface area (Å²) in [5.41, 5.74) is 10.1. The zero-order chi connectivity index (χ0) is 15.9. The van der Waals surface area contributed by atoms with Crippen molar-refractivity contribution in [2.24, 2.45) is 10.9 Å². The zero-order valence-corrected chi connectivity index (χ0v) is 13.6. The molecule has 22 heavy (non-hydrogen) atoms. The lowest BCUT2D eigenvalue weighted by atomic mass is 9.97. The molecule has 0 amide bonds. The summed E-state index contributed by atoms with van der Waals surface area (Å²) in [6.45, 7) is 8.45. The highest BCUT2D eigenvalue weighted by molar-refractivity contribution is 6.00. The summed E-state index contributed by atoms with van der Waals surface area (Å²) < 4.78 is 1.60. The number of benzene rings is 1. The van der Waals surface area contributed by atoms with Crippen molar-refractivity contribution >= 4 is 28.1 Å². The molecule has 4 N–H and O–H groups in total. The van der Waals surface area contributed by atoms with Gasteiger partial charge in [-0.2, -0.15) is 0 Å². The Morgan fingerprint density at radius 3 is 2.59 bits per heavy atom. The van der Waals surface area contributed by atoms with E-state index in [-0.39, 0.29) is 0 Å². The Morgan fingerprint density at radius 1 is 1.23 bits per heavy atom. The summed E-state index contributed by atoms with van der Waals surface area (Å²) in [6.07, 6.45) is 4.01. The van der Waals surface area contributed by atoms with Crippen LogP contribution in [0.2, 0.25) is 0 Å². The molecular weight excluding hydrogens is 274 g/mol. The molecular formula is C17H25N5. The van der Waals surface area contributed by atoms with Gasteiger partial charge in [-0.1, -0.05) is 13.8 Å². The van der Waals surface area contributed by atoms with Gasteiger partial charge in [-0.3, -0.25) is 4.68 Å². The molecule has 118 valence electrons. The van der Waals surface area contributed by atoms with Crippen LogP contribution in [0.25, 0.3) is 10.9 Å². The minimum Gasteiger partial charge on any atom is -0.397 e. The highest BCUT2D eigenvalue weighted by Gasteiger charge is 2.26. The maximum absolute atomic E-state index is 6.17. The van der Waals surface area contributed by atoms with Gasteiger partial charge in [0.05, 0.1) is 16.9 Å². The third kappa shape index (κ3) is 2.12. The predicted molar refractivity (Wildman–Crippen MR) is 93.8 cm³/mol. The van der Waals surface area contributed by atoms with Crippen LogP contribution in [-0.2, 0) is 6.54 Å². The molecule has 1 aromatic carbocycles. The van der Waals surface area contributed by atoms with Gasteiger partial charge in [0.1, 0.15) is 5.84 Å². The van der Waals surface area contributed by atoms with Gasteiger partial charge < -0.3 is 16.5 Å². The van der Waals surface area contributed by atoms with Gasteiger partial charge in [0, 0.05) is 36.2 Å². The molecule has 0 unspecified atom stereocenters. The molecule has 0 aliphatic carbocycles. The van der Waals surface area contributed by atoms with E-state index in [1.54, 1.807) is 10.9 Å². The van der Waals surface area contributed by atoms with Crippen LogP contribution in [0.4, 0.5) is 11.4 Å². The van der Waals surface area contributed by atoms with Crippen LogP contribution in [0.5, 0.6) is 0 Å². The SMILES string of the molecule is CCC(CC)C1=Nc2ccc3c(c(N)cn3N)c2CN1CC. The van der Waals surface area contributed by atoms with Crippen LogP contribution in [0.3, 0.4) is 0 Å². The van der Waals surface area contributed by atoms with Gasteiger partial charge in [-0.15, -0.1) is 0 Å². The van der Waals surface area contributed by atoms with Gasteiger partial charge in [-0.05, 0) is 31.9 Å². The molecule has 0 atom stereocenters. The maximum atomic E-state index is 6.17. The normalized spacial score (nSPS) is 14.5. The summed E-state index contributed by atoms with van der Waals surface area (Å²) in [5.74, 6) is 7.71. The topological polar surface area (TPSA) is 72.6 Å². The molecule has 0 spiro atoms. The van der Waals surface area contributed by atoms with Crippen LogP contribution in [0.15, 0.2) is 23.3 Å². The average Bonchev–Trinajstić information content (AvgIpc) is 2.82. The molecule has 0 fully saturated rings. The first-order valence-corrected chi connectivity index (χ1v) is 8.11. The van der Waals surface area contributed by atoms with Crippen molar-refractivity contribution in [1.29, 1.82) is 0 Å². The molecule has 5 heteroatoms. The number of nitrogen functional groups attached to an aromatic ring is 2. The van der Waals surface area contributed by atoms with Crippen LogP contribution in [0.1, 0.15) is 39.2 Å². The van der Waals surface area contributed by atoms with Crippen LogP contribution in [0, 0.1) is 5.92 Å². The van der Waals surface area contributed by atoms with Crippen LogP contribution < -0.4 is 11.6 Å². The lowest BCUT2D eigenvalue weighted by molar-refractivity contribution is 0.394. The minimum atomic E-state index is 0.514. The fraction of sp³-hybridized carbons (Fsp3) is 0.471. The lowest BCUT2D eigenvalue weighted by Crippen LogP contribution is -2.37. The van der Waals surface area contributed by atoms with Crippen molar-refractivity contribution < 1.29 is 0 Å². The summed E-state index contributed by atoms with van der Waals surface area (Å²) in [5, 5.41) is 1.05. The Hall–Kier alpha value is -2.17. The van der Waals surface area contributed by atoms with E-state index in [0.717, 1.165) is 48.2 Å². The molecule has 0 saturated carbocycles. The number of amidine groups is 1. The molecule has 1 aliphatic heterocycles. The smallest absolute Gasteiger partial charge is 0.108 e. The van der Waals surface area contributed by atoms with Crippen molar-refractivity contribution in [1.82, 2.24) is 9.58 Å². The fourth-order valence-corrected chi connectivity index (χ4v) is 3.45. The molecule has 3 rings (SSSR count). The second kappa shape index (κ2) is 5.55. The number of fused-ring (bicyclic) bond motifs is 3. The molecule has 0 radical (unpaired) electrons. The number of aromatic nitrogens is 1. The van der Waals surface area contributed by atoms with E-state index >= 15 is 0 Å². The largest absolute Gasteiger partial charge is 0.397 e. The number of anilines is 1. The number of nitrogens with two attached hydrogens (primary N) is 2. The summed E-state index contributed by atoms with van der Waals surface area (Å²) in [7, 11) is 0. The summed E-state index contributed by atoms with van der Waals surface area (Å²) >= 11 is 0. The van der Waals surface area contributed by atoms with Crippen molar-refractivity contribution in [2.75, 3.05) is 18.1 Å². The molecule has 0 saturated heterocycles. The van der Waals surface area contributed by atoms with Crippen LogP contribution in [-0.4, -0.2) is 22.0 Å². The van der Waals surface area contributed by atoms with E-state index < -0.39 is 0 Å². The molecule has 1 aliphatic rings. The second-order valence-electron chi connectivity index (χ2n) is 5.95. The van der Waals surface area contributed by atoms with Gasteiger partial charge in [-0.25, -0.2) is 4.99 Å². The van der Waals surface area contributed by atoms with E-state index in [0.29, 0.717) is 5.92 Å². The predicted octanol–water partition coefficient (Wildman–Crippen LogP) is 3.24. The van der Waals surface area contributed by atoms with Crippen molar-refractivity contribution in [3.8, 4) is 0 Å². The first kappa shape index (κ1) is 14.8. The first-order valence-electron chi connectivity index (χ1n) is 8.11. The van der Waals surface area contributed by atoms with E-state index in [1.165, 1.54) is 11.4 Å². The van der Waals surface area contributed by atoms with E-state index in [9.17, 15) is 0 Å². The Morgan fingerprint density at radius 2 is 1.95 bits per heavy atom. The van der Waals surface area contributed by atoms with Crippen LogP contribution >= 0.6 is 0 Å². The number of hydrogen-bond acceptors (Lipinski definition) is 4. The molecule has 5 nitrogen and oxygen atoms in total. The van der Waals surface area contributed by atoms with Crippen molar-refractivity contribution in [2.45, 2.75) is 40.2 Å². The average molecular weight is 299 g/mol. The van der Waals surface area contributed by atoms with Gasteiger partial charge in [0.25, 0.3) is 0 Å². The number of nitrogens with zero attached hydrogens (tertiary/aromatic N) is 3. The second-order valence-corrected chi connectivity index (χ2v) is 5.95. The van der Waals surface area contributed by atoms with E-state index in [2.05, 4.69) is 31.7 Å². The molecule has 2 heterocycles. The molecule has 2 aromatic rings. The molecule has 1 aromatic heterocycles. The quantitative estimate of drug-likeness (QED) is 0.851. The lowest BCUT2D eigenvalue weighted by Gasteiger charge is -2.33. The third-order valence-electron chi connectivity index (χ3n) is 4.75. The monoisotopic (exact) mass is 299 g/mol. The number of hydrogen-bond donors (Lipinski definition) is 2. The standard InChI is InChI=1S/C17H25N5/c1-4-11(5-2)17-20-14-7-8-15-16(13(18)10-22(15)19)12(14)9-21(17)6-3/h7-8,10-11H,4-6,9,18-19H2,1-3H3. The minimum absolute atomic E-state index is 0.514. The third-order valence-corrected chi connectivity index (χ3v) is 4.75. The van der Waals surface area contributed by atoms with Crippen molar-refractivity contribution in [3.05, 3.63) is 23.9 Å². The molecule has 0 bridgehead atoms. The Kier molecular flexibility index (Phi) is 3.72.